The average molecular weight is 373 g/mol. The zero-order valence-corrected chi connectivity index (χ0v) is 18.0. The number of anilines is 3. The van der Waals surface area contributed by atoms with Crippen LogP contribution in [0.4, 0.5) is 17.1 Å². The molecule has 3 aromatic rings. The lowest BCUT2D eigenvalue weighted by molar-refractivity contribution is 1.12. The summed E-state index contributed by atoms with van der Waals surface area (Å²) in [5, 5.41) is 0. The lowest BCUT2D eigenvalue weighted by Gasteiger charge is -2.22. The predicted molar refractivity (Wildman–Crippen MR) is 124 cm³/mol. The summed E-state index contributed by atoms with van der Waals surface area (Å²) in [6.45, 7) is 2.15. The molecule has 0 spiro atoms. The molecule has 0 atom stereocenters. The first-order valence-corrected chi connectivity index (χ1v) is 9.57. The van der Waals surface area contributed by atoms with Crippen molar-refractivity contribution in [3.8, 4) is 22.3 Å². The highest BCUT2D eigenvalue weighted by atomic mass is 15.1. The number of rotatable bonds is 5. The smallest absolute Gasteiger partial charge is 0.0450 e. The summed E-state index contributed by atoms with van der Waals surface area (Å²) in [4.78, 5) is 6.42. The maximum absolute atomic E-state index is 3.62. The van der Waals surface area contributed by atoms with E-state index >= 15 is 0 Å². The summed E-state index contributed by atoms with van der Waals surface area (Å²) in [6.07, 6.45) is 0. The van der Waals surface area contributed by atoms with Crippen molar-refractivity contribution in [3.05, 3.63) is 66.2 Å². The first-order valence-electron chi connectivity index (χ1n) is 9.57. The Hall–Kier alpha value is -2.94. The molecule has 0 aromatic heterocycles. The van der Waals surface area contributed by atoms with E-state index in [-0.39, 0.29) is 0 Å². The van der Waals surface area contributed by atoms with Crippen LogP contribution in [0.25, 0.3) is 22.3 Å². The molecule has 0 aliphatic rings. The average Bonchev–Trinajstić information content (AvgIpc) is 2.67. The Morgan fingerprint density at radius 1 is 0.607 bits per heavy atom. The number of hydrogen-bond donors (Lipinski definition) is 0. The largest absolute Gasteiger partial charge is 0.378 e. The van der Waals surface area contributed by atoms with Gasteiger partial charge in [-0.05, 0) is 65.6 Å². The van der Waals surface area contributed by atoms with E-state index in [0.29, 0.717) is 0 Å². The lowest BCUT2D eigenvalue weighted by atomic mass is 9.93. The fraction of sp³-hybridized carbons (Fsp3) is 0.280. The third kappa shape index (κ3) is 3.99. The van der Waals surface area contributed by atoms with Crippen LogP contribution in [0.3, 0.4) is 0 Å². The SMILES string of the molecule is Cc1[c]c(-c2ccc(N(C)C)cc2)cc(N(C)C)c1-c1ccc(N(C)C)cc1. The van der Waals surface area contributed by atoms with E-state index in [1.54, 1.807) is 0 Å². The second-order valence-corrected chi connectivity index (χ2v) is 7.85. The normalized spacial score (nSPS) is 10.7. The van der Waals surface area contributed by atoms with Gasteiger partial charge in [0.25, 0.3) is 0 Å². The molecule has 0 aliphatic carbocycles. The fourth-order valence-electron chi connectivity index (χ4n) is 3.44. The molecular weight excluding hydrogens is 342 g/mol. The van der Waals surface area contributed by atoms with E-state index in [0.717, 1.165) is 11.1 Å². The molecule has 28 heavy (non-hydrogen) atoms. The molecule has 3 nitrogen and oxygen atoms in total. The van der Waals surface area contributed by atoms with E-state index in [9.17, 15) is 0 Å². The summed E-state index contributed by atoms with van der Waals surface area (Å²) in [6, 6.07) is 23.3. The van der Waals surface area contributed by atoms with Crippen LogP contribution in [-0.4, -0.2) is 42.3 Å². The maximum atomic E-state index is 3.62. The molecule has 0 unspecified atom stereocenters. The highest BCUT2D eigenvalue weighted by Crippen LogP contribution is 2.37. The molecule has 0 saturated carbocycles. The Morgan fingerprint density at radius 3 is 1.50 bits per heavy atom. The third-order valence-corrected chi connectivity index (χ3v) is 5.08. The summed E-state index contributed by atoms with van der Waals surface area (Å²) in [5.41, 5.74) is 9.55. The van der Waals surface area contributed by atoms with E-state index in [1.165, 1.54) is 33.8 Å². The zero-order valence-electron chi connectivity index (χ0n) is 18.0. The lowest BCUT2D eigenvalue weighted by Crippen LogP contribution is -2.11. The van der Waals surface area contributed by atoms with Crippen LogP contribution in [0.15, 0.2) is 54.6 Å². The first kappa shape index (κ1) is 19.8. The molecule has 0 amide bonds. The van der Waals surface area contributed by atoms with Crippen LogP contribution in [-0.2, 0) is 0 Å². The van der Waals surface area contributed by atoms with E-state index < -0.39 is 0 Å². The Bertz CT molecular complexity index is 937. The van der Waals surface area contributed by atoms with Crippen molar-refractivity contribution in [3.63, 3.8) is 0 Å². The van der Waals surface area contributed by atoms with Gasteiger partial charge in [-0.1, -0.05) is 24.3 Å². The summed E-state index contributed by atoms with van der Waals surface area (Å²) < 4.78 is 0. The Kier molecular flexibility index (Phi) is 5.64. The first-order chi connectivity index (χ1) is 13.3. The van der Waals surface area contributed by atoms with E-state index in [4.69, 9.17) is 0 Å². The molecule has 0 N–H and O–H groups in total. The maximum Gasteiger partial charge on any atom is 0.0450 e. The molecule has 0 aliphatic heterocycles. The quantitative estimate of drug-likeness (QED) is 0.599. The highest BCUT2D eigenvalue weighted by molar-refractivity contribution is 5.86. The van der Waals surface area contributed by atoms with Crippen LogP contribution in [0, 0.1) is 13.0 Å². The molecular formula is C25H30N3. The summed E-state index contributed by atoms with van der Waals surface area (Å²) >= 11 is 0. The van der Waals surface area contributed by atoms with Gasteiger partial charge in [0.1, 0.15) is 0 Å². The molecule has 145 valence electrons. The molecule has 0 saturated heterocycles. The topological polar surface area (TPSA) is 9.72 Å². The zero-order chi connectivity index (χ0) is 20.4. The molecule has 3 aromatic carbocycles. The van der Waals surface area contributed by atoms with Crippen molar-refractivity contribution in [1.82, 2.24) is 0 Å². The molecule has 1 radical (unpaired) electrons. The van der Waals surface area contributed by atoms with Crippen molar-refractivity contribution in [2.24, 2.45) is 0 Å². The predicted octanol–water partition coefficient (Wildman–Crippen LogP) is 5.33. The molecule has 3 heteroatoms. The molecule has 0 fully saturated rings. The standard InChI is InChI=1S/C25H30N3/c1-18-16-21(19-8-12-22(13-9-19)26(2)3)17-24(28(6)7)25(18)20-10-14-23(15-11-20)27(4)5/h8-15,17H,1-7H3. The van der Waals surface area contributed by atoms with Gasteiger partial charge in [-0.2, -0.15) is 0 Å². The van der Waals surface area contributed by atoms with Crippen LogP contribution >= 0.6 is 0 Å². The minimum atomic E-state index is 1.13. The third-order valence-electron chi connectivity index (χ3n) is 5.08. The van der Waals surface area contributed by atoms with Crippen LogP contribution in [0.1, 0.15) is 5.56 Å². The monoisotopic (exact) mass is 372 g/mol. The Labute approximate surface area is 169 Å². The second kappa shape index (κ2) is 7.97. The Balaban J connectivity index is 2.08. The van der Waals surface area contributed by atoms with Crippen LogP contribution in [0.5, 0.6) is 0 Å². The Morgan fingerprint density at radius 2 is 1.07 bits per heavy atom. The summed E-state index contributed by atoms with van der Waals surface area (Å²) in [5.74, 6) is 0. The van der Waals surface area contributed by atoms with Crippen molar-refractivity contribution in [2.75, 3.05) is 57.0 Å². The number of nitrogens with zero attached hydrogens (tertiary/aromatic N) is 3. The van der Waals surface area contributed by atoms with Gasteiger partial charge in [0.05, 0.1) is 0 Å². The number of benzene rings is 3. The van der Waals surface area contributed by atoms with Gasteiger partial charge in [0, 0.05) is 64.9 Å². The molecule has 0 heterocycles. The fourth-order valence-corrected chi connectivity index (χ4v) is 3.44. The van der Waals surface area contributed by atoms with Crippen molar-refractivity contribution < 1.29 is 0 Å². The van der Waals surface area contributed by atoms with E-state index in [1.807, 2.05) is 0 Å². The number of hydrogen-bond acceptors (Lipinski definition) is 3. The van der Waals surface area contributed by atoms with E-state index in [2.05, 4.69) is 125 Å². The molecule has 0 bridgehead atoms. The van der Waals surface area contributed by atoms with Crippen molar-refractivity contribution >= 4 is 17.1 Å². The van der Waals surface area contributed by atoms with Gasteiger partial charge in [0.2, 0.25) is 0 Å². The van der Waals surface area contributed by atoms with Gasteiger partial charge in [0.15, 0.2) is 0 Å². The minimum absolute atomic E-state index is 1.13. The van der Waals surface area contributed by atoms with Crippen molar-refractivity contribution in [1.29, 1.82) is 0 Å². The van der Waals surface area contributed by atoms with Crippen LogP contribution in [0.2, 0.25) is 0 Å². The van der Waals surface area contributed by atoms with Gasteiger partial charge in [-0.25, -0.2) is 0 Å². The van der Waals surface area contributed by atoms with Crippen LogP contribution < -0.4 is 14.7 Å². The van der Waals surface area contributed by atoms with Gasteiger partial charge >= 0.3 is 0 Å². The van der Waals surface area contributed by atoms with Gasteiger partial charge in [-0.15, -0.1) is 0 Å². The van der Waals surface area contributed by atoms with Gasteiger partial charge < -0.3 is 14.7 Å². The molecule has 3 rings (SSSR count). The van der Waals surface area contributed by atoms with Crippen molar-refractivity contribution in [2.45, 2.75) is 6.92 Å². The second-order valence-electron chi connectivity index (χ2n) is 7.85. The van der Waals surface area contributed by atoms with Gasteiger partial charge in [-0.3, -0.25) is 0 Å². The highest BCUT2D eigenvalue weighted by Gasteiger charge is 2.14. The summed E-state index contributed by atoms with van der Waals surface area (Å²) in [7, 11) is 12.5. The number of aryl methyl sites for hydroxylation is 1. The minimum Gasteiger partial charge on any atom is -0.378 e.